The van der Waals surface area contributed by atoms with Crippen LogP contribution in [0.4, 0.5) is 0 Å². The Hall–Kier alpha value is -1.31. The van der Waals surface area contributed by atoms with E-state index >= 15 is 0 Å². The van der Waals surface area contributed by atoms with Gasteiger partial charge in [0.25, 0.3) is 0 Å². The first-order valence-electron chi connectivity index (χ1n) is 4.49. The van der Waals surface area contributed by atoms with Crippen molar-refractivity contribution in [3.63, 3.8) is 0 Å². The molecule has 0 heterocycles. The highest BCUT2D eigenvalue weighted by molar-refractivity contribution is 6.10. The van der Waals surface area contributed by atoms with Crippen LogP contribution >= 0.6 is 0 Å². The Morgan fingerprint density at radius 3 is 1.88 bits per heavy atom. The molecule has 0 fully saturated rings. The molecule has 0 amide bonds. The molecule has 0 rings (SSSR count). The van der Waals surface area contributed by atoms with Crippen molar-refractivity contribution in [3.05, 3.63) is 0 Å². The summed E-state index contributed by atoms with van der Waals surface area (Å²) < 4.78 is 4.04. The van der Waals surface area contributed by atoms with Crippen LogP contribution in [-0.4, -0.2) is 50.9 Å². The maximum absolute atomic E-state index is 11.2. The van der Waals surface area contributed by atoms with Gasteiger partial charge in [-0.1, -0.05) is 0 Å². The molecule has 0 saturated carbocycles. The molecule has 0 aliphatic carbocycles. The van der Waals surface area contributed by atoms with Crippen molar-refractivity contribution in [2.24, 2.45) is 0 Å². The summed E-state index contributed by atoms with van der Waals surface area (Å²) in [6, 6.07) is 0. The first kappa shape index (κ1) is 14.7. The minimum absolute atomic E-state index is 0.791. The van der Waals surface area contributed by atoms with Crippen molar-refractivity contribution in [2.75, 3.05) is 0 Å². The van der Waals surface area contributed by atoms with Gasteiger partial charge in [0.1, 0.15) is 12.2 Å². The van der Waals surface area contributed by atoms with Gasteiger partial charge in [0, 0.05) is 0 Å². The summed E-state index contributed by atoms with van der Waals surface area (Å²) >= 11 is 0. The molecule has 0 aliphatic heterocycles. The largest absolute Gasteiger partial charge is 0.389 e. The van der Waals surface area contributed by atoms with Gasteiger partial charge in [0.15, 0.2) is 0 Å². The number of rotatable bonds is 4. The minimum atomic E-state index is -2.63. The lowest BCUT2D eigenvalue weighted by Gasteiger charge is -2.20. The van der Waals surface area contributed by atoms with E-state index in [1.165, 1.54) is 0 Å². The Kier molecular flexibility index (Phi) is 4.73. The highest BCUT2D eigenvalue weighted by atomic mass is 16.6. The highest BCUT2D eigenvalue weighted by Gasteiger charge is 2.43. The molecule has 16 heavy (non-hydrogen) atoms. The Morgan fingerprint density at radius 2 is 1.56 bits per heavy atom. The number of esters is 2. The van der Waals surface area contributed by atoms with E-state index in [1.807, 2.05) is 0 Å². The molecule has 0 bridgehead atoms. The van der Waals surface area contributed by atoms with Crippen molar-refractivity contribution in [1.29, 1.82) is 0 Å². The van der Waals surface area contributed by atoms with Crippen molar-refractivity contribution < 1.29 is 34.4 Å². The predicted octanol–water partition coefficient (Wildman–Crippen LogP) is -1.86. The Labute approximate surface area is 91.6 Å². The lowest BCUT2D eigenvalue weighted by molar-refractivity contribution is -0.180. The van der Waals surface area contributed by atoms with E-state index in [0.29, 0.717) is 0 Å². The van der Waals surface area contributed by atoms with Crippen LogP contribution in [0.3, 0.4) is 0 Å². The Morgan fingerprint density at radius 1 is 1.12 bits per heavy atom. The number of hydrogen-bond acceptors (Lipinski definition) is 7. The molecule has 3 N–H and O–H groups in total. The quantitative estimate of drug-likeness (QED) is 0.385. The third-order valence-corrected chi connectivity index (χ3v) is 1.79. The van der Waals surface area contributed by atoms with Crippen LogP contribution in [0.1, 0.15) is 20.8 Å². The number of ether oxygens (including phenoxy) is 1. The summed E-state index contributed by atoms with van der Waals surface area (Å²) in [4.78, 5) is 33.2. The van der Waals surface area contributed by atoms with E-state index in [9.17, 15) is 19.5 Å². The third kappa shape index (κ3) is 3.37. The van der Waals surface area contributed by atoms with E-state index < -0.39 is 35.5 Å². The molecule has 0 aliphatic rings. The second-order valence-corrected chi connectivity index (χ2v) is 3.50. The summed E-state index contributed by atoms with van der Waals surface area (Å²) in [7, 11) is 0. The molecular weight excluding hydrogens is 220 g/mol. The smallest absolute Gasteiger partial charge is 0.353 e. The fraction of sp³-hybridized carbons (Fsp3) is 0.667. The molecule has 3 atom stereocenters. The van der Waals surface area contributed by atoms with Crippen LogP contribution < -0.4 is 0 Å². The number of carbonyl (C=O) groups is 3. The van der Waals surface area contributed by atoms with E-state index in [1.54, 1.807) is 0 Å². The molecule has 0 saturated heterocycles. The molecule has 0 aromatic rings. The van der Waals surface area contributed by atoms with Crippen LogP contribution in [0.25, 0.3) is 0 Å². The first-order chi connectivity index (χ1) is 7.10. The zero-order valence-electron chi connectivity index (χ0n) is 9.13. The second kappa shape index (κ2) is 5.15. The second-order valence-electron chi connectivity index (χ2n) is 3.50. The maximum atomic E-state index is 11.2. The van der Waals surface area contributed by atoms with Gasteiger partial charge in [0.2, 0.25) is 11.4 Å². The van der Waals surface area contributed by atoms with Crippen LogP contribution in [0.2, 0.25) is 0 Å². The highest BCUT2D eigenvalue weighted by Crippen LogP contribution is 2.11. The fourth-order valence-electron chi connectivity index (χ4n) is 0.783. The monoisotopic (exact) mass is 234 g/mol. The van der Waals surface area contributed by atoms with Gasteiger partial charge in [-0.3, -0.25) is 4.79 Å². The maximum Gasteiger partial charge on any atom is 0.353 e. The first-order valence-corrected chi connectivity index (χ1v) is 4.49. The molecule has 7 nitrogen and oxygen atoms in total. The predicted molar refractivity (Wildman–Crippen MR) is 50.1 cm³/mol. The number of hydrogen-bond donors (Lipinski definition) is 3. The van der Waals surface area contributed by atoms with E-state index in [2.05, 4.69) is 4.74 Å². The van der Waals surface area contributed by atoms with Crippen LogP contribution in [0.5, 0.6) is 0 Å². The normalized spacial score (nSPS) is 18.1. The fourth-order valence-corrected chi connectivity index (χ4v) is 0.783. The molecule has 7 heteroatoms. The lowest BCUT2D eigenvalue weighted by Crippen LogP contribution is -2.50. The summed E-state index contributed by atoms with van der Waals surface area (Å²) in [5.74, 6) is -4.02. The SMILES string of the molecule is CC(O)C(=O)OC(=O)C(C)(O)C(=O)C(C)O. The van der Waals surface area contributed by atoms with Crippen molar-refractivity contribution in [3.8, 4) is 0 Å². The zero-order chi connectivity index (χ0) is 13.1. The van der Waals surface area contributed by atoms with Crippen molar-refractivity contribution in [1.82, 2.24) is 0 Å². The molecule has 0 spiro atoms. The van der Waals surface area contributed by atoms with Gasteiger partial charge in [-0.25, -0.2) is 9.59 Å². The molecule has 92 valence electrons. The van der Waals surface area contributed by atoms with Crippen LogP contribution in [-0.2, 0) is 19.1 Å². The molecule has 0 aromatic heterocycles. The van der Waals surface area contributed by atoms with E-state index in [4.69, 9.17) is 10.2 Å². The third-order valence-electron chi connectivity index (χ3n) is 1.79. The van der Waals surface area contributed by atoms with Gasteiger partial charge in [-0.15, -0.1) is 0 Å². The summed E-state index contributed by atoms with van der Waals surface area (Å²) in [5.41, 5.74) is -2.63. The van der Waals surface area contributed by atoms with E-state index in [-0.39, 0.29) is 0 Å². The summed E-state index contributed by atoms with van der Waals surface area (Å²) in [6.07, 6.45) is -3.13. The number of aliphatic hydroxyl groups excluding tert-OH is 2. The van der Waals surface area contributed by atoms with Gasteiger partial charge in [-0.2, -0.15) is 0 Å². The summed E-state index contributed by atoms with van der Waals surface area (Å²) in [5, 5.41) is 27.1. The number of Topliss-reactive ketones (excluding diaryl/α,β-unsaturated/α-hetero) is 1. The van der Waals surface area contributed by atoms with Crippen LogP contribution in [0.15, 0.2) is 0 Å². The van der Waals surface area contributed by atoms with Gasteiger partial charge in [0.05, 0.1) is 0 Å². The van der Waals surface area contributed by atoms with Crippen molar-refractivity contribution >= 4 is 17.7 Å². The lowest BCUT2D eigenvalue weighted by atomic mass is 9.98. The van der Waals surface area contributed by atoms with Gasteiger partial charge in [-0.05, 0) is 20.8 Å². The zero-order valence-corrected chi connectivity index (χ0v) is 9.13. The molecule has 0 aromatic carbocycles. The van der Waals surface area contributed by atoms with Crippen LogP contribution in [0, 0.1) is 0 Å². The molecule has 0 radical (unpaired) electrons. The van der Waals surface area contributed by atoms with Crippen molar-refractivity contribution in [2.45, 2.75) is 38.6 Å². The van der Waals surface area contributed by atoms with Gasteiger partial charge < -0.3 is 20.1 Å². The number of aliphatic hydroxyl groups is 3. The number of carbonyl (C=O) groups excluding carboxylic acids is 3. The minimum Gasteiger partial charge on any atom is -0.389 e. The average molecular weight is 234 g/mol. The average Bonchev–Trinajstić information content (AvgIpc) is 2.15. The van der Waals surface area contributed by atoms with Gasteiger partial charge >= 0.3 is 11.9 Å². The molecule has 3 unspecified atom stereocenters. The standard InChI is InChI=1S/C9H14O7/c1-4(10)6(12)9(3,15)8(14)16-7(13)5(2)11/h4-5,10-11,15H,1-3H3. The number of ketones is 1. The Bertz CT molecular complexity index is 303. The Balaban J connectivity index is 4.72. The topological polar surface area (TPSA) is 121 Å². The van der Waals surface area contributed by atoms with E-state index in [0.717, 1.165) is 20.8 Å². The summed E-state index contributed by atoms with van der Waals surface area (Å²) in [6.45, 7) is 2.90. The molecular formula is C9H14O7.